The molecular formula is C22H26ClN3O. The number of piperidine rings is 1. The Hall–Kier alpha value is -2.07. The number of hydrogen-bond acceptors (Lipinski definition) is 3. The molecule has 142 valence electrons. The maximum atomic E-state index is 13.0. The van der Waals surface area contributed by atoms with Crippen LogP contribution >= 0.6 is 11.6 Å². The summed E-state index contributed by atoms with van der Waals surface area (Å²) in [5, 5.41) is 0.763. The zero-order chi connectivity index (χ0) is 18.8. The predicted molar refractivity (Wildman–Crippen MR) is 109 cm³/mol. The second-order valence-corrected chi connectivity index (χ2v) is 8.21. The van der Waals surface area contributed by atoms with Crippen molar-refractivity contribution in [2.75, 3.05) is 31.1 Å². The van der Waals surface area contributed by atoms with E-state index in [-0.39, 0.29) is 5.92 Å². The van der Waals surface area contributed by atoms with E-state index < -0.39 is 0 Å². The molecule has 0 spiro atoms. The number of pyridine rings is 1. The SMILES string of the molecule is Cc1ccc(N2CCC(C(=O)N3CCC(c4ccc(Cl)cc4)C3)CC2)nc1. The van der Waals surface area contributed by atoms with Gasteiger partial charge in [-0.15, -0.1) is 0 Å². The fourth-order valence-corrected chi connectivity index (χ4v) is 4.35. The molecule has 0 N–H and O–H groups in total. The minimum absolute atomic E-state index is 0.149. The highest BCUT2D eigenvalue weighted by Gasteiger charge is 2.33. The van der Waals surface area contributed by atoms with E-state index in [2.05, 4.69) is 46.0 Å². The molecule has 1 aromatic carbocycles. The highest BCUT2D eigenvalue weighted by molar-refractivity contribution is 6.30. The summed E-state index contributed by atoms with van der Waals surface area (Å²) in [5.74, 6) is 1.94. The monoisotopic (exact) mass is 383 g/mol. The molecule has 3 heterocycles. The number of benzene rings is 1. The molecule has 5 heteroatoms. The largest absolute Gasteiger partial charge is 0.357 e. The van der Waals surface area contributed by atoms with Crippen molar-refractivity contribution in [3.05, 3.63) is 58.7 Å². The average Bonchev–Trinajstić information content (AvgIpc) is 3.19. The first kappa shape index (κ1) is 18.3. The smallest absolute Gasteiger partial charge is 0.225 e. The van der Waals surface area contributed by atoms with Crippen LogP contribution in [-0.2, 0) is 4.79 Å². The minimum Gasteiger partial charge on any atom is -0.357 e. The van der Waals surface area contributed by atoms with E-state index in [9.17, 15) is 4.79 Å². The fraction of sp³-hybridized carbons (Fsp3) is 0.455. The molecule has 2 aliphatic heterocycles. The molecule has 0 saturated carbocycles. The highest BCUT2D eigenvalue weighted by Crippen LogP contribution is 2.31. The minimum atomic E-state index is 0.149. The zero-order valence-electron chi connectivity index (χ0n) is 15.8. The van der Waals surface area contributed by atoms with Crippen molar-refractivity contribution in [3.8, 4) is 0 Å². The number of anilines is 1. The number of aromatic nitrogens is 1. The molecule has 1 aromatic heterocycles. The first-order valence-electron chi connectivity index (χ1n) is 9.82. The lowest BCUT2D eigenvalue weighted by molar-refractivity contribution is -0.135. The van der Waals surface area contributed by atoms with Gasteiger partial charge in [0.2, 0.25) is 5.91 Å². The normalized spacial score (nSPS) is 20.9. The fourth-order valence-electron chi connectivity index (χ4n) is 4.23. The van der Waals surface area contributed by atoms with Crippen LogP contribution in [0.3, 0.4) is 0 Å². The topological polar surface area (TPSA) is 36.4 Å². The average molecular weight is 384 g/mol. The summed E-state index contributed by atoms with van der Waals surface area (Å²) >= 11 is 5.99. The Morgan fingerprint density at radius 2 is 1.78 bits per heavy atom. The van der Waals surface area contributed by atoms with E-state index in [1.165, 1.54) is 11.1 Å². The van der Waals surface area contributed by atoms with Gasteiger partial charge in [-0.25, -0.2) is 4.98 Å². The van der Waals surface area contributed by atoms with Crippen LogP contribution < -0.4 is 4.90 Å². The first-order chi connectivity index (χ1) is 13.1. The molecule has 4 rings (SSSR count). The molecule has 2 aromatic rings. The molecule has 27 heavy (non-hydrogen) atoms. The van der Waals surface area contributed by atoms with Gasteiger partial charge in [0.15, 0.2) is 0 Å². The van der Waals surface area contributed by atoms with Crippen LogP contribution in [0, 0.1) is 12.8 Å². The van der Waals surface area contributed by atoms with Gasteiger partial charge in [0, 0.05) is 49.2 Å². The Kier molecular flexibility index (Phi) is 5.35. The summed E-state index contributed by atoms with van der Waals surface area (Å²) in [6, 6.07) is 12.2. The summed E-state index contributed by atoms with van der Waals surface area (Å²) in [4.78, 5) is 21.9. The molecular weight excluding hydrogens is 358 g/mol. The maximum absolute atomic E-state index is 13.0. The molecule has 1 atom stereocenters. The van der Waals surface area contributed by atoms with Gasteiger partial charge in [-0.05, 0) is 55.5 Å². The van der Waals surface area contributed by atoms with Gasteiger partial charge in [0.25, 0.3) is 0 Å². The van der Waals surface area contributed by atoms with Crippen molar-refractivity contribution in [1.29, 1.82) is 0 Å². The van der Waals surface area contributed by atoms with Crippen molar-refractivity contribution in [3.63, 3.8) is 0 Å². The molecule has 0 bridgehead atoms. The highest BCUT2D eigenvalue weighted by atomic mass is 35.5. The van der Waals surface area contributed by atoms with E-state index in [0.29, 0.717) is 11.8 Å². The number of halogens is 1. The van der Waals surface area contributed by atoms with Crippen LogP contribution in [0.25, 0.3) is 0 Å². The standard InChI is InChI=1S/C22H26ClN3O/c1-16-2-7-21(24-14-16)25-11-8-18(9-12-25)22(27)26-13-10-19(15-26)17-3-5-20(23)6-4-17/h2-7,14,18-19H,8-13,15H2,1H3. The van der Waals surface area contributed by atoms with Crippen LogP contribution in [0.15, 0.2) is 42.6 Å². The summed E-state index contributed by atoms with van der Waals surface area (Å²) in [6.45, 7) is 5.56. The van der Waals surface area contributed by atoms with Crippen molar-refractivity contribution in [2.24, 2.45) is 5.92 Å². The van der Waals surface area contributed by atoms with Crippen LogP contribution in [0.1, 0.15) is 36.3 Å². The third-order valence-corrected chi connectivity index (χ3v) is 6.16. The summed E-state index contributed by atoms with van der Waals surface area (Å²) in [6.07, 6.45) is 4.78. The summed E-state index contributed by atoms with van der Waals surface area (Å²) < 4.78 is 0. The van der Waals surface area contributed by atoms with Crippen LogP contribution in [0.5, 0.6) is 0 Å². The van der Waals surface area contributed by atoms with Crippen molar-refractivity contribution in [1.82, 2.24) is 9.88 Å². The third-order valence-electron chi connectivity index (χ3n) is 5.91. The van der Waals surface area contributed by atoms with Crippen LogP contribution in [0.4, 0.5) is 5.82 Å². The molecule has 0 radical (unpaired) electrons. The Bertz CT molecular complexity index is 782. The van der Waals surface area contributed by atoms with Gasteiger partial charge in [-0.3, -0.25) is 4.79 Å². The number of likely N-dealkylation sites (tertiary alicyclic amines) is 1. The Balaban J connectivity index is 1.32. The van der Waals surface area contributed by atoms with E-state index in [0.717, 1.165) is 56.3 Å². The van der Waals surface area contributed by atoms with Crippen molar-refractivity contribution >= 4 is 23.3 Å². The lowest BCUT2D eigenvalue weighted by Gasteiger charge is -2.34. The van der Waals surface area contributed by atoms with Gasteiger partial charge in [-0.2, -0.15) is 0 Å². The number of aryl methyl sites for hydroxylation is 1. The molecule has 2 fully saturated rings. The molecule has 2 aliphatic rings. The number of hydrogen-bond donors (Lipinski definition) is 0. The third kappa shape index (κ3) is 4.11. The van der Waals surface area contributed by atoms with Crippen LogP contribution in [-0.4, -0.2) is 42.0 Å². The Morgan fingerprint density at radius 1 is 1.04 bits per heavy atom. The van der Waals surface area contributed by atoms with E-state index in [1.54, 1.807) is 0 Å². The van der Waals surface area contributed by atoms with Crippen molar-refractivity contribution in [2.45, 2.75) is 32.1 Å². The number of rotatable bonds is 3. The number of carbonyl (C=O) groups excluding carboxylic acids is 1. The zero-order valence-corrected chi connectivity index (χ0v) is 16.5. The van der Waals surface area contributed by atoms with Gasteiger partial charge < -0.3 is 9.80 Å². The summed E-state index contributed by atoms with van der Waals surface area (Å²) in [7, 11) is 0. The van der Waals surface area contributed by atoms with Crippen molar-refractivity contribution < 1.29 is 4.79 Å². The number of carbonyl (C=O) groups is 1. The van der Waals surface area contributed by atoms with Gasteiger partial charge >= 0.3 is 0 Å². The lowest BCUT2D eigenvalue weighted by Crippen LogP contribution is -2.42. The second kappa shape index (κ2) is 7.89. The van der Waals surface area contributed by atoms with E-state index in [4.69, 9.17) is 11.6 Å². The maximum Gasteiger partial charge on any atom is 0.225 e. The second-order valence-electron chi connectivity index (χ2n) is 7.78. The van der Waals surface area contributed by atoms with Gasteiger partial charge in [0.05, 0.1) is 0 Å². The molecule has 1 amide bonds. The molecule has 2 saturated heterocycles. The summed E-state index contributed by atoms with van der Waals surface area (Å²) in [5.41, 5.74) is 2.46. The predicted octanol–water partition coefficient (Wildman–Crippen LogP) is 4.28. The van der Waals surface area contributed by atoms with Gasteiger partial charge in [0.1, 0.15) is 5.82 Å². The molecule has 1 unspecified atom stereocenters. The van der Waals surface area contributed by atoms with E-state index >= 15 is 0 Å². The van der Waals surface area contributed by atoms with Gasteiger partial charge in [-0.1, -0.05) is 29.8 Å². The quantitative estimate of drug-likeness (QED) is 0.793. The number of amides is 1. The van der Waals surface area contributed by atoms with E-state index in [1.807, 2.05) is 18.3 Å². The first-order valence-corrected chi connectivity index (χ1v) is 10.2. The molecule has 4 nitrogen and oxygen atoms in total. The molecule has 0 aliphatic carbocycles. The Labute approximate surface area is 166 Å². The number of nitrogens with zero attached hydrogens (tertiary/aromatic N) is 3. The van der Waals surface area contributed by atoms with Crippen LogP contribution in [0.2, 0.25) is 5.02 Å². The Morgan fingerprint density at radius 3 is 2.44 bits per heavy atom. The lowest BCUT2D eigenvalue weighted by atomic mass is 9.95.